The molecule has 1 aliphatic rings. The zero-order chi connectivity index (χ0) is 18.7. The van der Waals surface area contributed by atoms with Crippen LogP contribution in [0.5, 0.6) is 0 Å². The Morgan fingerprint density at radius 1 is 1.31 bits per heavy atom. The van der Waals surface area contributed by atoms with E-state index in [-0.39, 0.29) is 20.2 Å². The van der Waals surface area contributed by atoms with Crippen molar-refractivity contribution in [3.05, 3.63) is 34.2 Å². The van der Waals surface area contributed by atoms with Crippen molar-refractivity contribution >= 4 is 43.8 Å². The smallest absolute Gasteiger partial charge is 0.226 e. The minimum atomic E-state index is -3.74. The molecule has 0 bridgehead atoms. The summed E-state index contributed by atoms with van der Waals surface area (Å²) >= 11 is 7.24. The molecule has 1 aromatic carbocycles. The van der Waals surface area contributed by atoms with Crippen LogP contribution in [0.4, 0.5) is 5.13 Å². The number of carbonyl (C=O) groups is 1. The molecule has 0 unspecified atom stereocenters. The van der Waals surface area contributed by atoms with Crippen molar-refractivity contribution in [3.63, 3.8) is 0 Å². The fourth-order valence-corrected chi connectivity index (χ4v) is 5.60. The summed E-state index contributed by atoms with van der Waals surface area (Å²) in [7, 11) is -3.74. The minimum Gasteiger partial charge on any atom is -0.361 e. The molecule has 0 radical (unpaired) electrons. The number of halogens is 1. The maximum absolute atomic E-state index is 12.7. The van der Waals surface area contributed by atoms with E-state index in [9.17, 15) is 13.2 Å². The SMILES string of the molecule is Cc1ccc(S(=O)(=O)c2nc(NCCCN3CCCC3=O)sc2Cl)cc1. The monoisotopic (exact) mass is 413 g/mol. The first-order valence-corrected chi connectivity index (χ1v) is 11.1. The van der Waals surface area contributed by atoms with Gasteiger partial charge in [-0.1, -0.05) is 40.6 Å². The lowest BCUT2D eigenvalue weighted by Crippen LogP contribution is -2.26. The van der Waals surface area contributed by atoms with Crippen molar-refractivity contribution in [3.8, 4) is 0 Å². The first-order valence-electron chi connectivity index (χ1n) is 8.37. The van der Waals surface area contributed by atoms with Crippen molar-refractivity contribution < 1.29 is 13.2 Å². The maximum atomic E-state index is 12.7. The minimum absolute atomic E-state index is 0.120. The molecule has 1 N–H and O–H groups in total. The molecule has 0 saturated carbocycles. The fourth-order valence-electron chi connectivity index (χ4n) is 2.76. The number of rotatable bonds is 7. The largest absolute Gasteiger partial charge is 0.361 e. The van der Waals surface area contributed by atoms with Gasteiger partial charge in [-0.15, -0.1) is 0 Å². The zero-order valence-corrected chi connectivity index (χ0v) is 16.8. The first kappa shape index (κ1) is 19.1. The van der Waals surface area contributed by atoms with Crippen LogP contribution in [0.3, 0.4) is 0 Å². The number of nitrogens with zero attached hydrogens (tertiary/aromatic N) is 2. The van der Waals surface area contributed by atoms with E-state index < -0.39 is 9.84 Å². The van der Waals surface area contributed by atoms with Crippen LogP contribution in [0.2, 0.25) is 4.34 Å². The molecule has 1 fully saturated rings. The molecule has 3 rings (SSSR count). The number of nitrogens with one attached hydrogen (secondary N) is 1. The maximum Gasteiger partial charge on any atom is 0.226 e. The lowest BCUT2D eigenvalue weighted by atomic mass is 10.2. The second-order valence-electron chi connectivity index (χ2n) is 6.18. The Hall–Kier alpha value is -1.64. The molecule has 2 heterocycles. The molecular formula is C17H20ClN3O3S2. The van der Waals surface area contributed by atoms with Crippen LogP contribution in [-0.4, -0.2) is 43.8 Å². The number of sulfone groups is 1. The van der Waals surface area contributed by atoms with E-state index >= 15 is 0 Å². The van der Waals surface area contributed by atoms with Gasteiger partial charge >= 0.3 is 0 Å². The van der Waals surface area contributed by atoms with E-state index in [2.05, 4.69) is 10.3 Å². The molecule has 2 aromatic rings. The quantitative estimate of drug-likeness (QED) is 0.704. The van der Waals surface area contributed by atoms with Crippen molar-refractivity contribution in [2.24, 2.45) is 0 Å². The van der Waals surface area contributed by atoms with Gasteiger partial charge in [0, 0.05) is 26.1 Å². The highest BCUT2D eigenvalue weighted by Gasteiger charge is 2.25. The number of carbonyl (C=O) groups excluding carboxylic acids is 1. The number of anilines is 1. The Balaban J connectivity index is 1.63. The van der Waals surface area contributed by atoms with Crippen LogP contribution in [0.25, 0.3) is 0 Å². The highest BCUT2D eigenvalue weighted by Crippen LogP contribution is 2.34. The average molecular weight is 414 g/mol. The van der Waals surface area contributed by atoms with Gasteiger partial charge in [0.05, 0.1) is 4.90 Å². The Morgan fingerprint density at radius 2 is 2.04 bits per heavy atom. The van der Waals surface area contributed by atoms with E-state index in [1.54, 1.807) is 24.3 Å². The van der Waals surface area contributed by atoms with Crippen LogP contribution in [0.15, 0.2) is 34.2 Å². The predicted molar refractivity (Wildman–Crippen MR) is 103 cm³/mol. The molecule has 0 atom stereocenters. The lowest BCUT2D eigenvalue weighted by molar-refractivity contribution is -0.127. The molecule has 0 spiro atoms. The summed E-state index contributed by atoms with van der Waals surface area (Å²) in [6, 6.07) is 6.60. The van der Waals surface area contributed by atoms with E-state index in [0.717, 1.165) is 36.3 Å². The molecule has 1 aromatic heterocycles. The molecule has 9 heteroatoms. The number of benzene rings is 1. The molecule has 140 valence electrons. The number of hydrogen-bond acceptors (Lipinski definition) is 6. The van der Waals surface area contributed by atoms with E-state index in [1.165, 1.54) is 0 Å². The number of likely N-dealkylation sites (tertiary alicyclic amines) is 1. The van der Waals surface area contributed by atoms with Crippen molar-refractivity contribution in [2.75, 3.05) is 25.0 Å². The van der Waals surface area contributed by atoms with Gasteiger partial charge in [-0.05, 0) is 31.9 Å². The van der Waals surface area contributed by atoms with Crippen LogP contribution < -0.4 is 5.32 Å². The van der Waals surface area contributed by atoms with Gasteiger partial charge < -0.3 is 10.2 Å². The van der Waals surface area contributed by atoms with Crippen LogP contribution in [0, 0.1) is 6.92 Å². The average Bonchev–Trinajstić information content (AvgIpc) is 3.18. The summed E-state index contributed by atoms with van der Waals surface area (Å²) in [6.07, 6.45) is 2.33. The predicted octanol–water partition coefficient (Wildman–Crippen LogP) is 3.36. The van der Waals surface area contributed by atoms with Gasteiger partial charge in [-0.25, -0.2) is 13.4 Å². The van der Waals surface area contributed by atoms with Gasteiger partial charge in [-0.2, -0.15) is 0 Å². The third-order valence-corrected chi connectivity index (χ3v) is 7.35. The molecule has 6 nitrogen and oxygen atoms in total. The standard InChI is InChI=1S/C17H20ClN3O3S2/c1-12-5-7-13(8-6-12)26(23,24)16-15(18)25-17(20-16)19-9-3-11-21-10-2-4-14(21)22/h5-8H,2-4,9-11H2,1H3,(H,19,20). The van der Waals surface area contributed by atoms with Crippen LogP contribution in [0.1, 0.15) is 24.8 Å². The van der Waals surface area contributed by atoms with Gasteiger partial charge in [0.15, 0.2) is 10.2 Å². The summed E-state index contributed by atoms with van der Waals surface area (Å²) < 4.78 is 25.6. The van der Waals surface area contributed by atoms with Crippen molar-refractivity contribution in [2.45, 2.75) is 36.1 Å². The second kappa shape index (κ2) is 7.94. The number of amides is 1. The highest BCUT2D eigenvalue weighted by molar-refractivity contribution is 7.91. The summed E-state index contributed by atoms with van der Waals surface area (Å²) in [5.74, 6) is 0.203. The summed E-state index contributed by atoms with van der Waals surface area (Å²) in [5.41, 5.74) is 0.979. The Kier molecular flexibility index (Phi) is 5.84. The molecule has 1 saturated heterocycles. The lowest BCUT2D eigenvalue weighted by Gasteiger charge is -2.14. The molecule has 26 heavy (non-hydrogen) atoms. The van der Waals surface area contributed by atoms with Gasteiger partial charge in [-0.3, -0.25) is 4.79 Å². The summed E-state index contributed by atoms with van der Waals surface area (Å²) in [4.78, 5) is 17.8. The normalized spacial score (nSPS) is 14.8. The van der Waals surface area contributed by atoms with Crippen molar-refractivity contribution in [1.82, 2.24) is 9.88 Å². The van der Waals surface area contributed by atoms with E-state index in [0.29, 0.717) is 24.6 Å². The second-order valence-corrected chi connectivity index (χ2v) is 9.65. The third kappa shape index (κ3) is 4.19. The number of hydrogen-bond donors (Lipinski definition) is 1. The molecule has 0 aliphatic carbocycles. The zero-order valence-electron chi connectivity index (χ0n) is 14.4. The molecule has 1 aliphatic heterocycles. The van der Waals surface area contributed by atoms with Crippen LogP contribution >= 0.6 is 22.9 Å². The number of aryl methyl sites for hydroxylation is 1. The van der Waals surface area contributed by atoms with Gasteiger partial charge in [0.2, 0.25) is 15.7 Å². The van der Waals surface area contributed by atoms with E-state index in [4.69, 9.17) is 11.6 Å². The number of aromatic nitrogens is 1. The third-order valence-electron chi connectivity index (χ3n) is 4.20. The van der Waals surface area contributed by atoms with E-state index in [1.807, 2.05) is 11.8 Å². The summed E-state index contributed by atoms with van der Waals surface area (Å²) in [5, 5.41) is 3.44. The topological polar surface area (TPSA) is 79.4 Å². The van der Waals surface area contributed by atoms with Crippen LogP contribution in [-0.2, 0) is 14.6 Å². The Labute approximate surface area is 162 Å². The summed E-state index contributed by atoms with van der Waals surface area (Å²) in [6.45, 7) is 4.00. The Bertz CT molecular complexity index is 894. The fraction of sp³-hybridized carbons (Fsp3) is 0.412. The Morgan fingerprint density at radius 3 is 2.69 bits per heavy atom. The van der Waals surface area contributed by atoms with Crippen molar-refractivity contribution in [1.29, 1.82) is 0 Å². The van der Waals surface area contributed by atoms with Gasteiger partial charge in [0.1, 0.15) is 4.34 Å². The number of thiazole rings is 1. The van der Waals surface area contributed by atoms with Gasteiger partial charge in [0.25, 0.3) is 0 Å². The molecular weight excluding hydrogens is 394 g/mol. The molecule has 1 amide bonds. The first-order chi connectivity index (χ1) is 12.4. The highest BCUT2D eigenvalue weighted by atomic mass is 35.5.